The Bertz CT molecular complexity index is 722. The second-order valence-electron chi connectivity index (χ2n) is 5.63. The van der Waals surface area contributed by atoms with E-state index < -0.39 is 17.9 Å². The Morgan fingerprint density at radius 1 is 1.35 bits per heavy atom. The number of carboxylic acids is 1. The number of carbonyl (C=O) groups excluding carboxylic acids is 1. The number of halogens is 1. The molecule has 120 valence electrons. The van der Waals surface area contributed by atoms with Gasteiger partial charge in [0.25, 0.3) is 5.91 Å². The van der Waals surface area contributed by atoms with E-state index in [-0.39, 0.29) is 5.69 Å². The maximum absolute atomic E-state index is 12.1. The lowest BCUT2D eigenvalue weighted by Crippen LogP contribution is -2.41. The molecular weight excluding hydrogens is 320 g/mol. The number of carboxylic acid groups (broad SMARTS) is 1. The SMILES string of the molecule is O=C(NC(CC1CC1)C(=O)O)c1cc(-c2ccc(Cl)cc2)on1. The highest BCUT2D eigenvalue weighted by Crippen LogP contribution is 2.33. The average molecular weight is 335 g/mol. The lowest BCUT2D eigenvalue weighted by atomic mass is 10.1. The highest BCUT2D eigenvalue weighted by molar-refractivity contribution is 6.30. The highest BCUT2D eigenvalue weighted by Gasteiger charge is 2.31. The largest absolute Gasteiger partial charge is 0.480 e. The van der Waals surface area contributed by atoms with Crippen molar-refractivity contribution in [3.8, 4) is 11.3 Å². The number of benzene rings is 1. The fourth-order valence-corrected chi connectivity index (χ4v) is 2.40. The molecular formula is C16H15ClN2O4. The molecule has 23 heavy (non-hydrogen) atoms. The maximum Gasteiger partial charge on any atom is 0.326 e. The first-order valence-corrected chi connectivity index (χ1v) is 7.67. The maximum atomic E-state index is 12.1. The zero-order chi connectivity index (χ0) is 16.4. The summed E-state index contributed by atoms with van der Waals surface area (Å²) in [5, 5.41) is 16.0. The zero-order valence-corrected chi connectivity index (χ0v) is 12.9. The van der Waals surface area contributed by atoms with Crippen LogP contribution < -0.4 is 5.32 Å². The predicted molar refractivity (Wildman–Crippen MR) is 83.2 cm³/mol. The van der Waals surface area contributed by atoms with Crippen molar-refractivity contribution in [3.05, 3.63) is 41.0 Å². The van der Waals surface area contributed by atoms with Gasteiger partial charge in [-0.25, -0.2) is 4.79 Å². The van der Waals surface area contributed by atoms with Crippen molar-refractivity contribution in [1.82, 2.24) is 10.5 Å². The fraction of sp³-hybridized carbons (Fsp3) is 0.312. The van der Waals surface area contributed by atoms with Crippen LogP contribution in [0.3, 0.4) is 0 Å². The first-order chi connectivity index (χ1) is 11.0. The van der Waals surface area contributed by atoms with Gasteiger partial charge in [-0.1, -0.05) is 29.6 Å². The van der Waals surface area contributed by atoms with Crippen LogP contribution in [0.4, 0.5) is 0 Å². The molecule has 2 aromatic rings. The van der Waals surface area contributed by atoms with Crippen LogP contribution in [0.1, 0.15) is 29.8 Å². The van der Waals surface area contributed by atoms with E-state index in [1.165, 1.54) is 6.07 Å². The Balaban J connectivity index is 1.69. The number of carbonyl (C=O) groups is 2. The van der Waals surface area contributed by atoms with Crippen LogP contribution >= 0.6 is 11.6 Å². The molecule has 1 saturated carbocycles. The Morgan fingerprint density at radius 2 is 2.04 bits per heavy atom. The van der Waals surface area contributed by atoms with Gasteiger partial charge in [0, 0.05) is 16.7 Å². The van der Waals surface area contributed by atoms with Gasteiger partial charge < -0.3 is 14.9 Å². The molecule has 1 heterocycles. The van der Waals surface area contributed by atoms with Crippen LogP contribution in [0, 0.1) is 5.92 Å². The van der Waals surface area contributed by atoms with Gasteiger partial charge in [-0.2, -0.15) is 0 Å². The molecule has 1 fully saturated rings. The highest BCUT2D eigenvalue weighted by atomic mass is 35.5. The summed E-state index contributed by atoms with van der Waals surface area (Å²) in [6.07, 6.45) is 2.48. The molecule has 1 aromatic heterocycles. The van der Waals surface area contributed by atoms with E-state index in [1.807, 2.05) is 0 Å². The third-order valence-corrected chi connectivity index (χ3v) is 3.99. The first-order valence-electron chi connectivity index (χ1n) is 7.29. The van der Waals surface area contributed by atoms with Crippen LogP contribution in [-0.2, 0) is 4.79 Å². The van der Waals surface area contributed by atoms with Gasteiger partial charge in [-0.05, 0) is 36.6 Å². The third kappa shape index (κ3) is 3.90. The Hall–Kier alpha value is -2.34. The Morgan fingerprint density at radius 3 is 2.65 bits per heavy atom. The molecule has 0 saturated heterocycles. The van der Waals surface area contributed by atoms with Crippen LogP contribution in [0.5, 0.6) is 0 Å². The molecule has 1 unspecified atom stereocenters. The summed E-state index contributed by atoms with van der Waals surface area (Å²) in [4.78, 5) is 23.4. The Labute approximate surface area is 137 Å². The topological polar surface area (TPSA) is 92.4 Å². The lowest BCUT2D eigenvalue weighted by molar-refractivity contribution is -0.139. The van der Waals surface area contributed by atoms with Crippen LogP contribution in [0.2, 0.25) is 5.02 Å². The van der Waals surface area contributed by atoms with Gasteiger partial charge in [0.1, 0.15) is 6.04 Å². The molecule has 0 radical (unpaired) electrons. The van der Waals surface area contributed by atoms with Gasteiger partial charge in [-0.15, -0.1) is 0 Å². The molecule has 7 heteroatoms. The molecule has 3 rings (SSSR count). The van der Waals surface area contributed by atoms with Crippen molar-refractivity contribution in [3.63, 3.8) is 0 Å². The van der Waals surface area contributed by atoms with Gasteiger partial charge >= 0.3 is 5.97 Å². The number of aromatic nitrogens is 1. The van der Waals surface area contributed by atoms with Crippen LogP contribution in [0.25, 0.3) is 11.3 Å². The number of hydrogen-bond acceptors (Lipinski definition) is 4. The third-order valence-electron chi connectivity index (χ3n) is 3.74. The van der Waals surface area contributed by atoms with Crippen molar-refractivity contribution in [1.29, 1.82) is 0 Å². The average Bonchev–Trinajstić information content (AvgIpc) is 3.20. The standard InChI is InChI=1S/C16H15ClN2O4/c17-11-5-3-10(4-6-11)14-8-12(19-23-14)15(20)18-13(16(21)22)7-9-1-2-9/h3-6,8-9,13H,1-2,7H2,(H,18,20)(H,21,22). The molecule has 2 N–H and O–H groups in total. The number of aliphatic carboxylic acids is 1. The van der Waals surface area contributed by atoms with E-state index in [0.29, 0.717) is 23.1 Å². The van der Waals surface area contributed by atoms with Gasteiger partial charge in [0.05, 0.1) is 0 Å². The second-order valence-corrected chi connectivity index (χ2v) is 6.06. The summed E-state index contributed by atoms with van der Waals surface area (Å²) in [6, 6.07) is 7.49. The van der Waals surface area contributed by atoms with Crippen LogP contribution in [0.15, 0.2) is 34.9 Å². The monoisotopic (exact) mass is 334 g/mol. The molecule has 0 spiro atoms. The van der Waals surface area contributed by atoms with Crippen molar-refractivity contribution in [2.24, 2.45) is 5.92 Å². The minimum atomic E-state index is -1.04. The second kappa shape index (κ2) is 6.42. The predicted octanol–water partition coefficient (Wildman–Crippen LogP) is 2.98. The minimum absolute atomic E-state index is 0.0528. The summed E-state index contributed by atoms with van der Waals surface area (Å²) < 4.78 is 5.15. The van der Waals surface area contributed by atoms with Crippen molar-refractivity contribution >= 4 is 23.5 Å². The Kier molecular flexibility index (Phi) is 4.34. The molecule has 1 aromatic carbocycles. The number of rotatable bonds is 6. The summed E-state index contributed by atoms with van der Waals surface area (Å²) >= 11 is 5.82. The fourth-order valence-electron chi connectivity index (χ4n) is 2.27. The number of amides is 1. The lowest BCUT2D eigenvalue weighted by Gasteiger charge is -2.12. The molecule has 1 aliphatic rings. The summed E-state index contributed by atoms with van der Waals surface area (Å²) in [5.74, 6) is -0.784. The van der Waals surface area contributed by atoms with E-state index in [0.717, 1.165) is 18.4 Å². The summed E-state index contributed by atoms with van der Waals surface area (Å²) in [6.45, 7) is 0. The van der Waals surface area contributed by atoms with Crippen molar-refractivity contribution in [2.75, 3.05) is 0 Å². The molecule has 0 aliphatic heterocycles. The number of nitrogens with zero attached hydrogens (tertiary/aromatic N) is 1. The normalized spacial score (nSPS) is 15.2. The zero-order valence-electron chi connectivity index (χ0n) is 12.2. The number of hydrogen-bond donors (Lipinski definition) is 2. The van der Waals surface area contributed by atoms with Crippen molar-refractivity contribution in [2.45, 2.75) is 25.3 Å². The van der Waals surface area contributed by atoms with E-state index in [4.69, 9.17) is 16.1 Å². The molecule has 1 atom stereocenters. The van der Waals surface area contributed by atoms with E-state index in [9.17, 15) is 14.7 Å². The molecule has 0 bridgehead atoms. The van der Waals surface area contributed by atoms with E-state index >= 15 is 0 Å². The molecule has 6 nitrogen and oxygen atoms in total. The van der Waals surface area contributed by atoms with E-state index in [1.54, 1.807) is 24.3 Å². The molecule has 1 aliphatic carbocycles. The van der Waals surface area contributed by atoms with Crippen molar-refractivity contribution < 1.29 is 19.2 Å². The smallest absolute Gasteiger partial charge is 0.326 e. The quantitative estimate of drug-likeness (QED) is 0.847. The van der Waals surface area contributed by atoms with E-state index in [2.05, 4.69) is 10.5 Å². The molecule has 1 amide bonds. The van der Waals surface area contributed by atoms with Crippen LogP contribution in [-0.4, -0.2) is 28.2 Å². The summed E-state index contributed by atoms with van der Waals surface area (Å²) in [5.41, 5.74) is 0.783. The minimum Gasteiger partial charge on any atom is -0.480 e. The van der Waals surface area contributed by atoms with Gasteiger partial charge in [-0.3, -0.25) is 4.79 Å². The van der Waals surface area contributed by atoms with Gasteiger partial charge in [0.2, 0.25) is 0 Å². The number of nitrogens with one attached hydrogen (secondary N) is 1. The van der Waals surface area contributed by atoms with Gasteiger partial charge in [0.15, 0.2) is 11.5 Å². The summed E-state index contributed by atoms with van der Waals surface area (Å²) in [7, 11) is 0. The first kappa shape index (κ1) is 15.6.